The van der Waals surface area contributed by atoms with Crippen molar-refractivity contribution in [1.82, 2.24) is 0 Å². The van der Waals surface area contributed by atoms with Crippen LogP contribution in [-0.2, 0) is 5.41 Å². The molecule has 0 saturated heterocycles. The monoisotopic (exact) mass is 613 g/mol. The fourth-order valence-corrected chi connectivity index (χ4v) is 7.67. The number of hydrogen-bond acceptors (Lipinski definition) is 1. The summed E-state index contributed by atoms with van der Waals surface area (Å²) >= 11 is 0. The fourth-order valence-electron chi connectivity index (χ4n) is 7.67. The second-order valence-electron chi connectivity index (χ2n) is 13.4. The molecule has 1 heteroatoms. The molecule has 0 aliphatic heterocycles. The van der Waals surface area contributed by atoms with Crippen LogP contribution in [0.2, 0.25) is 0 Å². The van der Waals surface area contributed by atoms with Gasteiger partial charge in [-0.1, -0.05) is 141 Å². The molecule has 0 unspecified atom stereocenters. The van der Waals surface area contributed by atoms with Gasteiger partial charge in [-0.2, -0.15) is 0 Å². The summed E-state index contributed by atoms with van der Waals surface area (Å²) in [4.78, 5) is 2.44. The maximum absolute atomic E-state index is 2.44. The molecule has 0 bridgehead atoms. The Kier molecular flexibility index (Phi) is 6.55. The molecule has 0 aromatic heterocycles. The first-order chi connectivity index (χ1) is 23.5. The molecule has 0 radical (unpaired) electrons. The lowest BCUT2D eigenvalue weighted by Crippen LogP contribution is -2.16. The zero-order valence-corrected chi connectivity index (χ0v) is 27.2. The van der Waals surface area contributed by atoms with Crippen LogP contribution in [0.1, 0.15) is 25.0 Å². The molecule has 0 saturated carbocycles. The van der Waals surface area contributed by atoms with E-state index < -0.39 is 0 Å². The average molecular weight is 614 g/mol. The summed E-state index contributed by atoms with van der Waals surface area (Å²) in [5, 5.41) is 5.08. The first-order valence-electron chi connectivity index (χ1n) is 16.8. The van der Waals surface area contributed by atoms with Gasteiger partial charge in [-0.25, -0.2) is 0 Å². The van der Waals surface area contributed by atoms with Crippen molar-refractivity contribution in [2.45, 2.75) is 19.3 Å². The zero-order chi connectivity index (χ0) is 32.2. The summed E-state index contributed by atoms with van der Waals surface area (Å²) in [5.74, 6) is 0. The molecule has 1 aliphatic rings. The SMILES string of the molecule is CC1(C)c2cc3ccccc3cc2-c2c(N(c3ccc(-c4ccccc4)cc3)c3ccc(-c4ccc5ccccc5c4)cc3)cccc21. The topological polar surface area (TPSA) is 3.24 Å². The second kappa shape index (κ2) is 11.1. The van der Waals surface area contributed by atoms with Crippen LogP contribution in [0.15, 0.2) is 176 Å². The largest absolute Gasteiger partial charge is 0.310 e. The van der Waals surface area contributed by atoms with Gasteiger partial charge in [0, 0.05) is 22.4 Å². The van der Waals surface area contributed by atoms with Gasteiger partial charge in [-0.15, -0.1) is 0 Å². The highest BCUT2D eigenvalue weighted by Crippen LogP contribution is 2.55. The Balaban J connectivity index is 1.22. The number of fused-ring (bicyclic) bond motifs is 5. The number of nitrogens with zero attached hydrogens (tertiary/aromatic N) is 1. The Morgan fingerprint density at radius 1 is 0.375 bits per heavy atom. The molecule has 0 fully saturated rings. The summed E-state index contributed by atoms with van der Waals surface area (Å²) in [6.45, 7) is 4.74. The standard InChI is InChI=1S/C47H35N/c1-47(2)43-17-10-18-45(46(43)42-30-37-15-8-9-16-38(37)31-44(42)47)48(40-25-21-34(22-26-40)32-11-4-3-5-12-32)41-27-23-35(24-28-41)39-20-19-33-13-6-7-14-36(33)29-39/h3-31H,1-2H3. The smallest absolute Gasteiger partial charge is 0.0543 e. The van der Waals surface area contributed by atoms with Gasteiger partial charge in [0.25, 0.3) is 0 Å². The summed E-state index contributed by atoms with van der Waals surface area (Å²) in [6, 6.07) is 64.4. The van der Waals surface area contributed by atoms with Gasteiger partial charge in [0.05, 0.1) is 5.69 Å². The number of hydrogen-bond donors (Lipinski definition) is 0. The molecule has 8 aromatic rings. The fraction of sp³-hybridized carbons (Fsp3) is 0.0638. The van der Waals surface area contributed by atoms with Gasteiger partial charge in [0.1, 0.15) is 0 Å². The lowest BCUT2D eigenvalue weighted by Gasteiger charge is -2.29. The van der Waals surface area contributed by atoms with Gasteiger partial charge in [0.15, 0.2) is 0 Å². The molecule has 0 spiro atoms. The van der Waals surface area contributed by atoms with Crippen LogP contribution >= 0.6 is 0 Å². The molecule has 0 amide bonds. The third-order valence-electron chi connectivity index (χ3n) is 10.2. The normalized spacial score (nSPS) is 13.0. The first kappa shape index (κ1) is 28.3. The third kappa shape index (κ3) is 4.62. The third-order valence-corrected chi connectivity index (χ3v) is 10.2. The highest BCUT2D eigenvalue weighted by molar-refractivity contribution is 6.00. The lowest BCUT2D eigenvalue weighted by molar-refractivity contribution is 0.661. The average Bonchev–Trinajstić information content (AvgIpc) is 3.37. The van der Waals surface area contributed by atoms with Gasteiger partial charge in [-0.05, 0) is 109 Å². The Hall–Kier alpha value is -5.92. The molecule has 48 heavy (non-hydrogen) atoms. The minimum atomic E-state index is -0.118. The molecule has 0 N–H and O–H groups in total. The Morgan fingerprint density at radius 3 is 1.56 bits per heavy atom. The van der Waals surface area contributed by atoms with Gasteiger partial charge < -0.3 is 4.90 Å². The molecular weight excluding hydrogens is 579 g/mol. The molecule has 9 rings (SSSR count). The minimum absolute atomic E-state index is 0.118. The molecule has 8 aromatic carbocycles. The Morgan fingerprint density at radius 2 is 0.896 bits per heavy atom. The van der Waals surface area contributed by atoms with Crippen LogP contribution in [0.5, 0.6) is 0 Å². The quantitative estimate of drug-likeness (QED) is 0.187. The molecular formula is C47H35N. The van der Waals surface area contributed by atoms with E-state index in [2.05, 4.69) is 195 Å². The highest BCUT2D eigenvalue weighted by atomic mass is 15.1. The van der Waals surface area contributed by atoms with Gasteiger partial charge in [-0.3, -0.25) is 0 Å². The first-order valence-corrected chi connectivity index (χ1v) is 16.8. The zero-order valence-electron chi connectivity index (χ0n) is 27.2. The van der Waals surface area contributed by atoms with Crippen LogP contribution in [0.25, 0.3) is 54.9 Å². The van der Waals surface area contributed by atoms with E-state index in [1.165, 1.54) is 71.7 Å². The number of rotatable bonds is 5. The highest BCUT2D eigenvalue weighted by Gasteiger charge is 2.38. The van der Waals surface area contributed by atoms with Crippen molar-refractivity contribution in [2.75, 3.05) is 4.90 Å². The molecule has 1 aliphatic carbocycles. The van der Waals surface area contributed by atoms with Crippen LogP contribution in [0.4, 0.5) is 17.1 Å². The van der Waals surface area contributed by atoms with E-state index in [-0.39, 0.29) is 5.41 Å². The predicted octanol–water partition coefficient (Wildman–Crippen LogP) is 13.1. The summed E-state index contributed by atoms with van der Waals surface area (Å²) in [5.41, 5.74) is 13.6. The number of benzene rings is 8. The lowest BCUT2D eigenvalue weighted by atomic mass is 9.82. The summed E-state index contributed by atoms with van der Waals surface area (Å²) in [7, 11) is 0. The summed E-state index contributed by atoms with van der Waals surface area (Å²) < 4.78 is 0. The minimum Gasteiger partial charge on any atom is -0.310 e. The van der Waals surface area contributed by atoms with Crippen molar-refractivity contribution in [3.63, 3.8) is 0 Å². The molecule has 0 atom stereocenters. The Bertz CT molecular complexity index is 2450. The maximum atomic E-state index is 2.44. The van der Waals surface area contributed by atoms with Crippen molar-refractivity contribution >= 4 is 38.6 Å². The van der Waals surface area contributed by atoms with E-state index >= 15 is 0 Å². The van der Waals surface area contributed by atoms with E-state index in [1.54, 1.807) is 0 Å². The van der Waals surface area contributed by atoms with E-state index in [1.807, 2.05) is 0 Å². The van der Waals surface area contributed by atoms with Crippen LogP contribution < -0.4 is 4.90 Å². The molecule has 0 heterocycles. The maximum Gasteiger partial charge on any atom is 0.0543 e. The van der Waals surface area contributed by atoms with Crippen LogP contribution in [0, 0.1) is 0 Å². The predicted molar refractivity (Wildman–Crippen MR) is 205 cm³/mol. The second-order valence-corrected chi connectivity index (χ2v) is 13.4. The van der Waals surface area contributed by atoms with E-state index in [4.69, 9.17) is 0 Å². The van der Waals surface area contributed by atoms with Gasteiger partial charge >= 0.3 is 0 Å². The molecule has 228 valence electrons. The van der Waals surface area contributed by atoms with E-state index in [0.717, 1.165) is 11.4 Å². The van der Waals surface area contributed by atoms with Crippen molar-refractivity contribution in [3.8, 4) is 33.4 Å². The molecule has 1 nitrogen and oxygen atoms in total. The van der Waals surface area contributed by atoms with Gasteiger partial charge in [0.2, 0.25) is 0 Å². The number of anilines is 3. The van der Waals surface area contributed by atoms with Crippen LogP contribution in [-0.4, -0.2) is 0 Å². The van der Waals surface area contributed by atoms with Crippen molar-refractivity contribution < 1.29 is 0 Å². The van der Waals surface area contributed by atoms with E-state index in [9.17, 15) is 0 Å². The van der Waals surface area contributed by atoms with Crippen molar-refractivity contribution in [1.29, 1.82) is 0 Å². The van der Waals surface area contributed by atoms with Crippen molar-refractivity contribution in [2.24, 2.45) is 0 Å². The van der Waals surface area contributed by atoms with Crippen molar-refractivity contribution in [3.05, 3.63) is 187 Å². The Labute approximate surface area is 282 Å². The van der Waals surface area contributed by atoms with E-state index in [0.29, 0.717) is 0 Å². The summed E-state index contributed by atoms with van der Waals surface area (Å²) in [6.07, 6.45) is 0. The van der Waals surface area contributed by atoms with Crippen LogP contribution in [0.3, 0.4) is 0 Å².